The second-order valence-corrected chi connectivity index (χ2v) is 12.5. The number of nitrogens with zero attached hydrogens (tertiary/aromatic N) is 3. The third-order valence-electron chi connectivity index (χ3n) is 7.27. The molecule has 0 amide bonds. The van der Waals surface area contributed by atoms with Gasteiger partial charge in [0.1, 0.15) is 7.14 Å². The van der Waals surface area contributed by atoms with Crippen molar-refractivity contribution in [3.05, 3.63) is 127 Å². The van der Waals surface area contributed by atoms with E-state index in [0.29, 0.717) is 17.5 Å². The Kier molecular flexibility index (Phi) is 5.57. The van der Waals surface area contributed by atoms with Crippen LogP contribution in [0.4, 0.5) is 0 Å². The van der Waals surface area contributed by atoms with Gasteiger partial charge in [-0.05, 0) is 28.9 Å². The van der Waals surface area contributed by atoms with Crippen LogP contribution in [0.2, 0.25) is 0 Å². The molecule has 39 heavy (non-hydrogen) atoms. The van der Waals surface area contributed by atoms with Gasteiger partial charge in [0, 0.05) is 27.3 Å². The lowest BCUT2D eigenvalue weighted by Crippen LogP contribution is -2.11. The van der Waals surface area contributed by atoms with E-state index in [1.54, 1.807) is 0 Å². The van der Waals surface area contributed by atoms with Crippen molar-refractivity contribution in [1.82, 2.24) is 15.0 Å². The molecule has 1 aliphatic rings. The van der Waals surface area contributed by atoms with Crippen LogP contribution in [-0.4, -0.2) is 21.6 Å². The lowest BCUT2D eigenvalue weighted by Gasteiger charge is -2.14. The van der Waals surface area contributed by atoms with Gasteiger partial charge in [0.05, 0.1) is 0 Å². The molecule has 1 aliphatic heterocycles. The van der Waals surface area contributed by atoms with Crippen LogP contribution in [0, 0.1) is 0 Å². The summed E-state index contributed by atoms with van der Waals surface area (Å²) in [5, 5.41) is 1.88. The zero-order chi connectivity index (χ0) is 26.4. The van der Waals surface area contributed by atoms with Crippen molar-refractivity contribution < 1.29 is 4.57 Å². The van der Waals surface area contributed by atoms with E-state index < -0.39 is 7.14 Å². The number of hydrogen-bond donors (Lipinski definition) is 0. The van der Waals surface area contributed by atoms with E-state index in [9.17, 15) is 4.57 Å². The molecule has 0 bridgehead atoms. The van der Waals surface area contributed by atoms with Gasteiger partial charge in [-0.3, -0.25) is 0 Å². The van der Waals surface area contributed by atoms with Crippen LogP contribution in [0.1, 0.15) is 0 Å². The molecule has 0 radical (unpaired) electrons. The highest BCUT2D eigenvalue weighted by Crippen LogP contribution is 2.52. The zero-order valence-corrected chi connectivity index (χ0v) is 22.2. The fourth-order valence-electron chi connectivity index (χ4n) is 5.38. The van der Waals surface area contributed by atoms with E-state index in [1.807, 2.05) is 97.7 Å². The van der Waals surface area contributed by atoms with E-state index in [2.05, 4.69) is 36.4 Å². The summed E-state index contributed by atoms with van der Waals surface area (Å²) >= 11 is 0. The highest BCUT2D eigenvalue weighted by atomic mass is 31.2. The first kappa shape index (κ1) is 23.5. The number of fused-ring (bicyclic) bond motifs is 3. The molecule has 0 aliphatic carbocycles. The van der Waals surface area contributed by atoms with E-state index in [1.165, 1.54) is 0 Å². The summed E-state index contributed by atoms with van der Waals surface area (Å²) in [7, 11) is -2.71. The molecule has 6 aromatic rings. The fourth-order valence-corrected chi connectivity index (χ4v) is 7.97. The Morgan fingerprint density at radius 1 is 0.436 bits per heavy atom. The molecule has 4 nitrogen and oxygen atoms in total. The van der Waals surface area contributed by atoms with E-state index in [-0.39, 0.29) is 0 Å². The average Bonchev–Trinajstić information content (AvgIpc) is 3.25. The van der Waals surface area contributed by atoms with Crippen LogP contribution in [0.15, 0.2) is 127 Å². The van der Waals surface area contributed by atoms with Gasteiger partial charge < -0.3 is 4.57 Å². The minimum atomic E-state index is -2.71. The molecular formula is C34H24N3OP. The van der Waals surface area contributed by atoms with Crippen LogP contribution >= 0.6 is 7.14 Å². The van der Waals surface area contributed by atoms with Crippen molar-refractivity contribution in [3.8, 4) is 56.4 Å². The van der Waals surface area contributed by atoms with Crippen molar-refractivity contribution in [2.75, 3.05) is 6.66 Å². The van der Waals surface area contributed by atoms with Gasteiger partial charge in [-0.25, -0.2) is 15.0 Å². The van der Waals surface area contributed by atoms with Crippen molar-refractivity contribution >= 4 is 17.8 Å². The maximum Gasteiger partial charge on any atom is 0.164 e. The third-order valence-corrected chi connectivity index (χ3v) is 9.91. The van der Waals surface area contributed by atoms with Gasteiger partial charge in [0.15, 0.2) is 17.5 Å². The molecular weight excluding hydrogens is 497 g/mol. The highest BCUT2D eigenvalue weighted by Gasteiger charge is 2.36. The molecule has 0 fully saturated rings. The molecule has 1 unspecified atom stereocenters. The molecule has 2 heterocycles. The molecule has 1 aromatic heterocycles. The summed E-state index contributed by atoms with van der Waals surface area (Å²) in [6.07, 6.45) is 0. The summed E-state index contributed by atoms with van der Waals surface area (Å²) in [6.45, 7) is 1.89. The quantitative estimate of drug-likeness (QED) is 0.226. The minimum absolute atomic E-state index is 0.612. The highest BCUT2D eigenvalue weighted by molar-refractivity contribution is 7.79. The lowest BCUT2D eigenvalue weighted by molar-refractivity contribution is 0.591. The van der Waals surface area contributed by atoms with E-state index in [0.717, 1.165) is 49.6 Å². The zero-order valence-electron chi connectivity index (χ0n) is 21.3. The number of aromatic nitrogens is 3. The van der Waals surface area contributed by atoms with Crippen molar-refractivity contribution in [2.24, 2.45) is 0 Å². The summed E-state index contributed by atoms with van der Waals surface area (Å²) in [5.41, 5.74) is 6.93. The fraction of sp³-hybridized carbons (Fsp3) is 0.0294. The predicted octanol–water partition coefficient (Wildman–Crippen LogP) is 7.46. The summed E-state index contributed by atoms with van der Waals surface area (Å²) in [4.78, 5) is 14.5. The Labute approximate surface area is 227 Å². The van der Waals surface area contributed by atoms with Crippen molar-refractivity contribution in [3.63, 3.8) is 0 Å². The van der Waals surface area contributed by atoms with Gasteiger partial charge >= 0.3 is 0 Å². The largest absolute Gasteiger partial charge is 0.314 e. The Balaban J connectivity index is 1.33. The monoisotopic (exact) mass is 521 g/mol. The minimum Gasteiger partial charge on any atom is -0.314 e. The Bertz CT molecular complexity index is 1830. The first-order chi connectivity index (χ1) is 19.1. The van der Waals surface area contributed by atoms with Gasteiger partial charge in [0.2, 0.25) is 0 Å². The molecule has 5 aromatic carbocycles. The number of rotatable bonds is 4. The number of benzene rings is 5. The molecule has 5 heteroatoms. The summed E-state index contributed by atoms with van der Waals surface area (Å²) < 4.78 is 14.1. The van der Waals surface area contributed by atoms with E-state index >= 15 is 0 Å². The molecule has 1 atom stereocenters. The average molecular weight is 522 g/mol. The Morgan fingerprint density at radius 3 is 1.46 bits per heavy atom. The van der Waals surface area contributed by atoms with Gasteiger partial charge in [-0.15, -0.1) is 0 Å². The molecule has 0 saturated heterocycles. The summed E-state index contributed by atoms with van der Waals surface area (Å²) in [5.74, 6) is 1.88. The molecule has 7 rings (SSSR count). The van der Waals surface area contributed by atoms with Gasteiger partial charge in [-0.1, -0.05) is 127 Å². The smallest absolute Gasteiger partial charge is 0.164 e. The van der Waals surface area contributed by atoms with Crippen LogP contribution in [0.3, 0.4) is 0 Å². The predicted molar refractivity (Wildman–Crippen MR) is 160 cm³/mol. The Morgan fingerprint density at radius 2 is 0.872 bits per heavy atom. The third kappa shape index (κ3) is 4.01. The van der Waals surface area contributed by atoms with Crippen LogP contribution in [0.5, 0.6) is 0 Å². The summed E-state index contributed by atoms with van der Waals surface area (Å²) in [6, 6.07) is 42.4. The first-order valence-corrected chi connectivity index (χ1v) is 15.0. The maximum atomic E-state index is 14.1. The SMILES string of the molecule is CP1(=O)c2ccccc2-c2cccc(-c3ccc(-c4nc(-c5ccccc5)nc(-c5ccccc5)n4)cc3)c21. The van der Waals surface area contributed by atoms with Crippen molar-refractivity contribution in [2.45, 2.75) is 0 Å². The maximum absolute atomic E-state index is 14.1. The van der Waals surface area contributed by atoms with Crippen molar-refractivity contribution in [1.29, 1.82) is 0 Å². The van der Waals surface area contributed by atoms with E-state index in [4.69, 9.17) is 15.0 Å². The molecule has 0 N–H and O–H groups in total. The molecule has 0 spiro atoms. The molecule has 186 valence electrons. The normalized spacial score (nSPS) is 15.5. The standard InChI is InChI=1S/C34H24N3OP/c1-39(38)30-18-9-8-15-28(30)29-17-10-16-27(31(29)39)23-19-21-26(22-20-23)34-36-32(24-11-4-2-5-12-24)35-33(37-34)25-13-6-3-7-14-25/h2-22H,1H3. The topological polar surface area (TPSA) is 55.7 Å². The molecule has 0 saturated carbocycles. The van der Waals surface area contributed by atoms with Gasteiger partial charge in [-0.2, -0.15) is 0 Å². The second kappa shape index (κ2) is 9.27. The number of hydrogen-bond acceptors (Lipinski definition) is 4. The lowest BCUT2D eigenvalue weighted by atomic mass is 9.98. The Hall–Kier alpha value is -4.66. The van der Waals surface area contributed by atoms with Crippen LogP contribution in [0.25, 0.3) is 56.4 Å². The van der Waals surface area contributed by atoms with Crippen LogP contribution < -0.4 is 10.6 Å². The van der Waals surface area contributed by atoms with Crippen LogP contribution in [-0.2, 0) is 4.57 Å². The first-order valence-electron chi connectivity index (χ1n) is 12.9. The van der Waals surface area contributed by atoms with Gasteiger partial charge in [0.25, 0.3) is 0 Å². The second-order valence-electron chi connectivity index (χ2n) is 9.76.